The molecule has 0 amide bonds. The second-order valence-electron chi connectivity index (χ2n) is 5.83. The van der Waals surface area contributed by atoms with Gasteiger partial charge in [0, 0.05) is 25.6 Å². The van der Waals surface area contributed by atoms with Crippen molar-refractivity contribution in [1.82, 2.24) is 14.8 Å². The third-order valence-electron chi connectivity index (χ3n) is 3.67. The Balaban J connectivity index is 2.02. The summed E-state index contributed by atoms with van der Waals surface area (Å²) in [5.74, 6) is 1.52. The summed E-state index contributed by atoms with van der Waals surface area (Å²) in [7, 11) is 0. The van der Waals surface area contributed by atoms with E-state index < -0.39 is 0 Å². The molecule has 2 unspecified atom stereocenters. The van der Waals surface area contributed by atoms with E-state index in [1.807, 2.05) is 4.68 Å². The molecule has 1 fully saturated rings. The van der Waals surface area contributed by atoms with Crippen LogP contribution in [0.2, 0.25) is 0 Å². The van der Waals surface area contributed by atoms with E-state index in [0.29, 0.717) is 5.92 Å². The fourth-order valence-corrected chi connectivity index (χ4v) is 2.45. The van der Waals surface area contributed by atoms with Crippen molar-refractivity contribution in [1.29, 1.82) is 0 Å². The molecule has 0 radical (unpaired) electrons. The zero-order valence-electron chi connectivity index (χ0n) is 11.6. The molecule has 1 aromatic rings. The average molecular weight is 252 g/mol. The first-order chi connectivity index (χ1) is 8.51. The Morgan fingerprint density at radius 3 is 2.94 bits per heavy atom. The molecule has 1 saturated heterocycles. The van der Waals surface area contributed by atoms with Crippen molar-refractivity contribution in [3.8, 4) is 0 Å². The summed E-state index contributed by atoms with van der Waals surface area (Å²) >= 11 is 0. The standard InChI is InChI=1S/C13H24N4O/c1-10(2)8-17-12(15-9-16-17)7-11(14)13(3)5-4-6-18-13/h9-11H,4-8,14H2,1-3H3. The van der Waals surface area contributed by atoms with Gasteiger partial charge in [-0.1, -0.05) is 13.8 Å². The van der Waals surface area contributed by atoms with Gasteiger partial charge >= 0.3 is 0 Å². The predicted molar refractivity (Wildman–Crippen MR) is 70.1 cm³/mol. The molecule has 0 aliphatic carbocycles. The van der Waals surface area contributed by atoms with Crippen LogP contribution in [-0.2, 0) is 17.7 Å². The summed E-state index contributed by atoms with van der Waals surface area (Å²) in [6.45, 7) is 8.16. The first-order valence-corrected chi connectivity index (χ1v) is 6.77. The molecule has 0 aromatic carbocycles. The Morgan fingerprint density at radius 1 is 1.56 bits per heavy atom. The molecular formula is C13H24N4O. The highest BCUT2D eigenvalue weighted by Gasteiger charge is 2.36. The van der Waals surface area contributed by atoms with Gasteiger partial charge in [-0.3, -0.25) is 0 Å². The van der Waals surface area contributed by atoms with E-state index in [9.17, 15) is 0 Å². The quantitative estimate of drug-likeness (QED) is 0.859. The van der Waals surface area contributed by atoms with Crippen molar-refractivity contribution in [3.63, 3.8) is 0 Å². The minimum atomic E-state index is -0.200. The molecule has 0 bridgehead atoms. The smallest absolute Gasteiger partial charge is 0.138 e. The van der Waals surface area contributed by atoms with Gasteiger partial charge < -0.3 is 10.5 Å². The van der Waals surface area contributed by atoms with Crippen molar-refractivity contribution in [2.45, 2.75) is 58.2 Å². The Labute approximate surface area is 109 Å². The monoisotopic (exact) mass is 252 g/mol. The number of hydrogen-bond donors (Lipinski definition) is 1. The molecule has 18 heavy (non-hydrogen) atoms. The van der Waals surface area contributed by atoms with Crippen LogP contribution >= 0.6 is 0 Å². The van der Waals surface area contributed by atoms with Crippen molar-refractivity contribution in [2.24, 2.45) is 11.7 Å². The van der Waals surface area contributed by atoms with Crippen molar-refractivity contribution in [3.05, 3.63) is 12.2 Å². The zero-order chi connectivity index (χ0) is 13.2. The largest absolute Gasteiger partial charge is 0.374 e. The van der Waals surface area contributed by atoms with Crippen LogP contribution in [0.5, 0.6) is 0 Å². The molecule has 2 atom stereocenters. The van der Waals surface area contributed by atoms with Crippen LogP contribution < -0.4 is 5.73 Å². The van der Waals surface area contributed by atoms with Crippen LogP contribution in [0.4, 0.5) is 0 Å². The van der Waals surface area contributed by atoms with Gasteiger partial charge in [0.1, 0.15) is 12.2 Å². The van der Waals surface area contributed by atoms with E-state index in [4.69, 9.17) is 10.5 Å². The van der Waals surface area contributed by atoms with E-state index in [-0.39, 0.29) is 11.6 Å². The average Bonchev–Trinajstić information content (AvgIpc) is 2.89. The van der Waals surface area contributed by atoms with Crippen LogP contribution in [0, 0.1) is 5.92 Å². The Hall–Kier alpha value is -0.940. The predicted octanol–water partition coefficient (Wildman–Crippen LogP) is 1.37. The molecule has 1 aromatic heterocycles. The minimum Gasteiger partial charge on any atom is -0.374 e. The first kappa shape index (κ1) is 13.5. The van der Waals surface area contributed by atoms with Gasteiger partial charge in [-0.15, -0.1) is 0 Å². The fourth-order valence-electron chi connectivity index (χ4n) is 2.45. The van der Waals surface area contributed by atoms with Crippen molar-refractivity contribution >= 4 is 0 Å². The van der Waals surface area contributed by atoms with E-state index in [2.05, 4.69) is 30.9 Å². The van der Waals surface area contributed by atoms with Gasteiger partial charge in [0.2, 0.25) is 0 Å². The van der Waals surface area contributed by atoms with Gasteiger partial charge in [-0.2, -0.15) is 5.10 Å². The minimum absolute atomic E-state index is 0.0184. The Kier molecular flexibility index (Phi) is 4.02. The number of nitrogens with two attached hydrogens (primary N) is 1. The van der Waals surface area contributed by atoms with Crippen LogP contribution in [-0.4, -0.2) is 33.0 Å². The summed E-state index contributed by atoms with van der Waals surface area (Å²) in [6, 6.07) is -0.0184. The first-order valence-electron chi connectivity index (χ1n) is 6.77. The van der Waals surface area contributed by atoms with Crippen molar-refractivity contribution in [2.75, 3.05) is 6.61 Å². The van der Waals surface area contributed by atoms with E-state index in [0.717, 1.165) is 38.2 Å². The second-order valence-corrected chi connectivity index (χ2v) is 5.83. The maximum Gasteiger partial charge on any atom is 0.138 e. The lowest BCUT2D eigenvalue weighted by molar-refractivity contribution is -0.00161. The van der Waals surface area contributed by atoms with Gasteiger partial charge in [-0.25, -0.2) is 9.67 Å². The Bertz CT molecular complexity index is 382. The maximum atomic E-state index is 6.30. The number of aromatic nitrogens is 3. The molecule has 1 aliphatic heterocycles. The summed E-state index contributed by atoms with van der Waals surface area (Å²) in [5.41, 5.74) is 6.10. The summed E-state index contributed by atoms with van der Waals surface area (Å²) < 4.78 is 7.75. The molecule has 5 nitrogen and oxygen atoms in total. The molecule has 0 spiro atoms. The van der Waals surface area contributed by atoms with E-state index in [1.165, 1.54) is 0 Å². The van der Waals surface area contributed by atoms with Gasteiger partial charge in [-0.05, 0) is 25.7 Å². The maximum absolute atomic E-state index is 6.30. The number of nitrogens with zero attached hydrogens (tertiary/aromatic N) is 3. The highest BCUT2D eigenvalue weighted by Crippen LogP contribution is 2.28. The molecule has 0 saturated carbocycles. The van der Waals surface area contributed by atoms with E-state index >= 15 is 0 Å². The number of hydrogen-bond acceptors (Lipinski definition) is 4. The third kappa shape index (κ3) is 2.90. The van der Waals surface area contributed by atoms with Crippen LogP contribution in [0.3, 0.4) is 0 Å². The molecule has 102 valence electrons. The Morgan fingerprint density at radius 2 is 2.33 bits per heavy atom. The number of rotatable bonds is 5. The fraction of sp³-hybridized carbons (Fsp3) is 0.846. The zero-order valence-corrected chi connectivity index (χ0v) is 11.6. The summed E-state index contributed by atoms with van der Waals surface area (Å²) in [6.07, 6.45) is 4.47. The molecule has 5 heteroatoms. The van der Waals surface area contributed by atoms with Crippen LogP contribution in [0.25, 0.3) is 0 Å². The van der Waals surface area contributed by atoms with Gasteiger partial charge in [0.25, 0.3) is 0 Å². The highest BCUT2D eigenvalue weighted by molar-refractivity contribution is 4.98. The van der Waals surface area contributed by atoms with E-state index in [1.54, 1.807) is 6.33 Å². The van der Waals surface area contributed by atoms with Gasteiger partial charge in [0.05, 0.1) is 5.60 Å². The lowest BCUT2D eigenvalue weighted by atomic mass is 9.91. The molecular weight excluding hydrogens is 228 g/mol. The lowest BCUT2D eigenvalue weighted by Gasteiger charge is -2.30. The van der Waals surface area contributed by atoms with Crippen molar-refractivity contribution < 1.29 is 4.74 Å². The summed E-state index contributed by atoms with van der Waals surface area (Å²) in [4.78, 5) is 4.33. The molecule has 2 N–H and O–H groups in total. The normalized spacial score (nSPS) is 25.8. The molecule has 2 rings (SSSR count). The van der Waals surface area contributed by atoms with Crippen LogP contribution in [0.15, 0.2) is 6.33 Å². The SMILES string of the molecule is CC(C)Cn1ncnc1CC(N)C1(C)CCCO1. The molecule has 1 aliphatic rings. The van der Waals surface area contributed by atoms with Crippen LogP contribution in [0.1, 0.15) is 39.4 Å². The lowest BCUT2D eigenvalue weighted by Crippen LogP contribution is -2.47. The number of ether oxygens (including phenoxy) is 1. The molecule has 2 heterocycles. The van der Waals surface area contributed by atoms with Gasteiger partial charge in [0.15, 0.2) is 0 Å². The second kappa shape index (κ2) is 5.36. The summed E-state index contributed by atoms with van der Waals surface area (Å²) in [5, 5.41) is 4.27. The third-order valence-corrected chi connectivity index (χ3v) is 3.67. The topological polar surface area (TPSA) is 66.0 Å². The highest BCUT2D eigenvalue weighted by atomic mass is 16.5.